The van der Waals surface area contributed by atoms with Gasteiger partial charge in [-0.15, -0.1) is 0 Å². The van der Waals surface area contributed by atoms with Gasteiger partial charge in [-0.05, 0) is 25.8 Å². The number of hydrogen-bond acceptors (Lipinski definition) is 6. The number of amides is 2. The maximum absolute atomic E-state index is 12.5. The molecule has 1 heterocycles. The molecule has 7 nitrogen and oxygen atoms in total. The molecule has 0 aliphatic carbocycles. The van der Waals surface area contributed by atoms with E-state index in [9.17, 15) is 14.2 Å². The van der Waals surface area contributed by atoms with Gasteiger partial charge in [0.05, 0.1) is 19.3 Å². The molecule has 0 N–H and O–H groups in total. The molecule has 8 heteroatoms. The smallest absolute Gasteiger partial charge is 0.417 e. The zero-order valence-corrected chi connectivity index (χ0v) is 14.7. The molecule has 1 aromatic rings. The minimum absolute atomic E-state index is 0.118. The van der Waals surface area contributed by atoms with Gasteiger partial charge in [-0.3, -0.25) is 9.36 Å². The summed E-state index contributed by atoms with van der Waals surface area (Å²) in [5.41, 5.74) is 0.983. The van der Waals surface area contributed by atoms with Gasteiger partial charge in [0.25, 0.3) is 0 Å². The van der Waals surface area contributed by atoms with Gasteiger partial charge in [0.15, 0.2) is 0 Å². The summed E-state index contributed by atoms with van der Waals surface area (Å²) in [5.74, 6) is -0.608. The summed E-state index contributed by atoms with van der Waals surface area (Å²) >= 11 is 0. The highest BCUT2D eigenvalue weighted by molar-refractivity contribution is 7.54. The second kappa shape index (κ2) is 8.42. The van der Waals surface area contributed by atoms with E-state index in [0.29, 0.717) is 6.42 Å². The Kier molecular flexibility index (Phi) is 6.54. The maximum Gasteiger partial charge on any atom is 0.417 e. The third kappa shape index (κ3) is 4.66. The van der Waals surface area contributed by atoms with Gasteiger partial charge >= 0.3 is 13.7 Å². The Morgan fingerprint density at radius 2 is 1.88 bits per heavy atom. The first-order chi connectivity index (χ1) is 11.5. The Bertz CT molecular complexity index is 610. The van der Waals surface area contributed by atoms with Gasteiger partial charge in [0.2, 0.25) is 5.91 Å². The summed E-state index contributed by atoms with van der Waals surface area (Å²) in [4.78, 5) is 25.5. The number of rotatable bonds is 8. The number of ether oxygens (including phenoxy) is 1. The van der Waals surface area contributed by atoms with Crippen LogP contribution in [0.4, 0.5) is 4.79 Å². The largest absolute Gasteiger partial charge is 0.447 e. The van der Waals surface area contributed by atoms with Gasteiger partial charge in [-0.25, -0.2) is 9.69 Å². The number of carbonyl (C=O) groups excluding carboxylic acids is 2. The van der Waals surface area contributed by atoms with Crippen molar-refractivity contribution in [2.24, 2.45) is 0 Å². The minimum atomic E-state index is -3.56. The summed E-state index contributed by atoms with van der Waals surface area (Å²) in [6.07, 6.45) is -0.721. The second-order valence-electron chi connectivity index (χ2n) is 5.29. The molecule has 1 aromatic carbocycles. The first kappa shape index (κ1) is 18.6. The van der Waals surface area contributed by atoms with Crippen LogP contribution in [0.2, 0.25) is 0 Å². The van der Waals surface area contributed by atoms with Crippen molar-refractivity contribution in [2.75, 3.05) is 26.0 Å². The third-order valence-corrected chi connectivity index (χ3v) is 5.49. The monoisotopic (exact) mass is 355 g/mol. The lowest BCUT2D eigenvalue weighted by atomic mass is 10.1. The number of nitrogens with zero attached hydrogens (tertiary/aromatic N) is 1. The molecule has 24 heavy (non-hydrogen) atoms. The van der Waals surface area contributed by atoms with Crippen molar-refractivity contribution in [3.8, 4) is 0 Å². The lowest BCUT2D eigenvalue weighted by molar-refractivity contribution is -0.126. The molecule has 1 atom stereocenters. The van der Waals surface area contributed by atoms with Gasteiger partial charge in [-0.1, -0.05) is 30.3 Å². The Balaban J connectivity index is 2.10. The highest BCUT2D eigenvalue weighted by atomic mass is 31.2. The fraction of sp³-hybridized carbons (Fsp3) is 0.500. The molecule has 0 bridgehead atoms. The molecule has 132 valence electrons. The highest BCUT2D eigenvalue weighted by Crippen LogP contribution is 2.48. The van der Waals surface area contributed by atoms with E-state index in [1.807, 2.05) is 30.3 Å². The summed E-state index contributed by atoms with van der Waals surface area (Å²) in [6.45, 7) is 3.76. The number of imide groups is 1. The third-order valence-electron chi connectivity index (χ3n) is 3.52. The predicted octanol–water partition coefficient (Wildman–Crippen LogP) is 2.84. The molecule has 0 spiro atoms. The lowest BCUT2D eigenvalue weighted by Gasteiger charge is -2.22. The van der Waals surface area contributed by atoms with Crippen molar-refractivity contribution in [1.82, 2.24) is 4.90 Å². The van der Waals surface area contributed by atoms with E-state index >= 15 is 0 Å². The van der Waals surface area contributed by atoms with E-state index in [4.69, 9.17) is 13.8 Å². The summed E-state index contributed by atoms with van der Waals surface area (Å²) in [6, 6.07) is 9.06. The lowest BCUT2D eigenvalue weighted by Crippen LogP contribution is -2.41. The van der Waals surface area contributed by atoms with Crippen LogP contribution in [0.15, 0.2) is 30.3 Å². The summed E-state index contributed by atoms with van der Waals surface area (Å²) in [5, 5.41) is 0. The molecule has 1 fully saturated rings. The van der Waals surface area contributed by atoms with E-state index in [-0.39, 0.29) is 19.8 Å². The number of hydrogen-bond donors (Lipinski definition) is 0. The van der Waals surface area contributed by atoms with Crippen LogP contribution in [-0.2, 0) is 29.6 Å². The van der Waals surface area contributed by atoms with Gasteiger partial charge in [-0.2, -0.15) is 0 Å². The number of cyclic esters (lactones) is 1. The number of carbonyl (C=O) groups is 2. The maximum atomic E-state index is 12.5. The molecular weight excluding hydrogens is 333 g/mol. The standard InChI is InChI=1S/C16H22NO6P/c1-3-22-24(20,23-4-2)12-15(18)17-14(11-21-16(17)19)10-13-8-6-5-7-9-13/h5-9,14H,3-4,10-12H2,1-2H3/t14-/m1/s1. The van der Waals surface area contributed by atoms with Crippen LogP contribution in [0, 0.1) is 0 Å². The first-order valence-corrected chi connectivity index (χ1v) is 9.62. The summed E-state index contributed by atoms with van der Waals surface area (Å²) < 4.78 is 27.8. The van der Waals surface area contributed by atoms with Crippen LogP contribution in [0.1, 0.15) is 19.4 Å². The van der Waals surface area contributed by atoms with Gasteiger partial charge < -0.3 is 13.8 Å². The molecule has 2 amide bonds. The molecule has 1 aliphatic rings. The van der Waals surface area contributed by atoms with E-state index in [1.54, 1.807) is 13.8 Å². The van der Waals surface area contributed by atoms with Crippen molar-refractivity contribution >= 4 is 19.6 Å². The molecule has 1 aliphatic heterocycles. The molecule has 0 radical (unpaired) electrons. The fourth-order valence-electron chi connectivity index (χ4n) is 2.57. The molecule has 1 saturated heterocycles. The van der Waals surface area contributed by atoms with Crippen LogP contribution >= 0.6 is 7.60 Å². The van der Waals surface area contributed by atoms with E-state index in [2.05, 4.69) is 0 Å². The highest BCUT2D eigenvalue weighted by Gasteiger charge is 2.41. The quantitative estimate of drug-likeness (QED) is 0.667. The minimum Gasteiger partial charge on any atom is -0.447 e. The van der Waals surface area contributed by atoms with Crippen LogP contribution in [0.5, 0.6) is 0 Å². The van der Waals surface area contributed by atoms with Crippen molar-refractivity contribution < 1.29 is 27.9 Å². The van der Waals surface area contributed by atoms with Crippen LogP contribution in [0.25, 0.3) is 0 Å². The average molecular weight is 355 g/mol. The Hall–Kier alpha value is -1.69. The molecule has 0 saturated carbocycles. The Morgan fingerprint density at radius 3 is 2.46 bits per heavy atom. The zero-order valence-electron chi connectivity index (χ0n) is 13.8. The van der Waals surface area contributed by atoms with Crippen LogP contribution in [-0.4, -0.2) is 48.9 Å². The van der Waals surface area contributed by atoms with Gasteiger partial charge in [0.1, 0.15) is 12.8 Å². The predicted molar refractivity (Wildman–Crippen MR) is 87.9 cm³/mol. The topological polar surface area (TPSA) is 82.1 Å². The van der Waals surface area contributed by atoms with E-state index < -0.39 is 31.8 Å². The second-order valence-corrected chi connectivity index (χ2v) is 7.34. The van der Waals surface area contributed by atoms with Crippen molar-refractivity contribution in [1.29, 1.82) is 0 Å². The van der Waals surface area contributed by atoms with Crippen molar-refractivity contribution in [2.45, 2.75) is 26.3 Å². The Morgan fingerprint density at radius 1 is 1.25 bits per heavy atom. The molecule has 0 unspecified atom stereocenters. The van der Waals surface area contributed by atoms with Gasteiger partial charge in [0, 0.05) is 0 Å². The molecule has 2 rings (SSSR count). The van der Waals surface area contributed by atoms with Crippen LogP contribution < -0.4 is 0 Å². The average Bonchev–Trinajstić information content (AvgIpc) is 2.89. The van der Waals surface area contributed by atoms with E-state index in [1.165, 1.54) is 0 Å². The Labute approximate surface area is 141 Å². The normalized spacial score (nSPS) is 17.8. The van der Waals surface area contributed by atoms with Crippen LogP contribution in [0.3, 0.4) is 0 Å². The van der Waals surface area contributed by atoms with E-state index in [0.717, 1.165) is 10.5 Å². The zero-order chi connectivity index (χ0) is 17.6. The molecule has 0 aromatic heterocycles. The summed E-state index contributed by atoms with van der Waals surface area (Å²) in [7, 11) is -3.56. The van der Waals surface area contributed by atoms with Crippen molar-refractivity contribution in [3.05, 3.63) is 35.9 Å². The van der Waals surface area contributed by atoms with Crippen molar-refractivity contribution in [3.63, 3.8) is 0 Å². The fourth-order valence-corrected chi connectivity index (χ4v) is 4.09. The number of benzene rings is 1. The first-order valence-electron chi connectivity index (χ1n) is 7.90. The molecular formula is C16H22NO6P. The SMILES string of the molecule is CCOP(=O)(CC(=O)N1C(=O)OC[C@H]1Cc1ccccc1)OCC.